The Bertz CT molecular complexity index is 305. The summed E-state index contributed by atoms with van der Waals surface area (Å²) in [5, 5.41) is 0. The van der Waals surface area contributed by atoms with Crippen molar-refractivity contribution < 1.29 is 4.79 Å². The van der Waals surface area contributed by atoms with Crippen LogP contribution in [0.25, 0.3) is 0 Å². The molecule has 0 heterocycles. The molecule has 0 aromatic rings. The number of carbonyl (C=O) groups excluding carboxylic acids is 1. The summed E-state index contributed by atoms with van der Waals surface area (Å²) in [5.41, 5.74) is 2.59. The van der Waals surface area contributed by atoms with Gasteiger partial charge in [0.1, 0.15) is 0 Å². The molecular formula is C15H24O. The zero-order valence-electron chi connectivity index (χ0n) is 11.0. The third kappa shape index (κ3) is 4.34. The smallest absolute Gasteiger partial charge is 0.156 e. The number of hydrogen-bond donors (Lipinski definition) is 0. The van der Waals surface area contributed by atoms with Crippen molar-refractivity contribution in [2.24, 2.45) is 11.8 Å². The Balaban J connectivity index is 2.49. The molecule has 0 fully saturated rings. The van der Waals surface area contributed by atoms with E-state index in [0.29, 0.717) is 12.3 Å². The summed E-state index contributed by atoms with van der Waals surface area (Å²) in [4.78, 5) is 11.7. The molecule has 1 aliphatic carbocycles. The first-order valence-corrected chi connectivity index (χ1v) is 6.35. The van der Waals surface area contributed by atoms with E-state index in [1.54, 1.807) is 6.08 Å². The maximum atomic E-state index is 11.7. The van der Waals surface area contributed by atoms with Gasteiger partial charge in [-0.2, -0.15) is 0 Å². The topological polar surface area (TPSA) is 17.1 Å². The van der Waals surface area contributed by atoms with Crippen molar-refractivity contribution in [1.29, 1.82) is 0 Å². The van der Waals surface area contributed by atoms with E-state index < -0.39 is 0 Å². The van der Waals surface area contributed by atoms with E-state index in [-0.39, 0.29) is 5.78 Å². The monoisotopic (exact) mass is 220 g/mol. The third-order valence-electron chi connectivity index (χ3n) is 3.30. The van der Waals surface area contributed by atoms with E-state index in [9.17, 15) is 4.79 Å². The standard InChI is InChI=1S/C15H24O/c1-11(2)9-15(16)10-13(4)14-7-5-12(3)6-8-14/h7,9,12-13H,5-6,8,10H2,1-4H3. The van der Waals surface area contributed by atoms with Gasteiger partial charge in [0.15, 0.2) is 5.78 Å². The SMILES string of the molecule is CC(C)=CC(=O)CC(C)C1=CCC(C)CC1. The van der Waals surface area contributed by atoms with E-state index in [2.05, 4.69) is 19.9 Å². The maximum absolute atomic E-state index is 11.7. The first kappa shape index (κ1) is 13.2. The van der Waals surface area contributed by atoms with Crippen molar-refractivity contribution in [3.8, 4) is 0 Å². The minimum absolute atomic E-state index is 0.270. The molecule has 1 rings (SSSR count). The highest BCUT2D eigenvalue weighted by Gasteiger charge is 2.16. The highest BCUT2D eigenvalue weighted by atomic mass is 16.1. The molecule has 2 unspecified atom stereocenters. The number of hydrogen-bond acceptors (Lipinski definition) is 1. The molecule has 1 aliphatic rings. The molecule has 2 atom stereocenters. The van der Waals surface area contributed by atoms with Crippen molar-refractivity contribution in [3.05, 3.63) is 23.3 Å². The fourth-order valence-electron chi connectivity index (χ4n) is 2.25. The minimum atomic E-state index is 0.270. The predicted octanol–water partition coefficient (Wildman–Crippen LogP) is 4.29. The lowest BCUT2D eigenvalue weighted by atomic mass is 9.83. The highest BCUT2D eigenvalue weighted by molar-refractivity contribution is 5.90. The van der Waals surface area contributed by atoms with Gasteiger partial charge in [0.25, 0.3) is 0 Å². The number of ketones is 1. The molecule has 0 aromatic carbocycles. The molecule has 90 valence electrons. The molecule has 0 bridgehead atoms. The average Bonchev–Trinajstić information content (AvgIpc) is 2.16. The van der Waals surface area contributed by atoms with E-state index in [1.165, 1.54) is 24.8 Å². The minimum Gasteiger partial charge on any atom is -0.295 e. The lowest BCUT2D eigenvalue weighted by Crippen LogP contribution is -2.11. The van der Waals surface area contributed by atoms with Crippen molar-refractivity contribution in [2.45, 2.75) is 53.4 Å². The molecular weight excluding hydrogens is 196 g/mol. The Labute approximate surface area is 99.6 Å². The predicted molar refractivity (Wildman–Crippen MR) is 69.3 cm³/mol. The number of rotatable bonds is 4. The van der Waals surface area contributed by atoms with E-state index in [0.717, 1.165) is 11.5 Å². The molecule has 0 N–H and O–H groups in total. The number of allylic oxidation sites excluding steroid dienone is 4. The van der Waals surface area contributed by atoms with Gasteiger partial charge in [-0.3, -0.25) is 4.79 Å². The molecule has 16 heavy (non-hydrogen) atoms. The summed E-state index contributed by atoms with van der Waals surface area (Å²) in [6.45, 7) is 8.43. The summed E-state index contributed by atoms with van der Waals surface area (Å²) in [6.07, 6.45) is 8.45. The van der Waals surface area contributed by atoms with Crippen LogP contribution in [0.2, 0.25) is 0 Å². The maximum Gasteiger partial charge on any atom is 0.156 e. The summed E-state index contributed by atoms with van der Waals surface area (Å²) in [5.74, 6) is 1.52. The van der Waals surface area contributed by atoms with Crippen LogP contribution in [0.5, 0.6) is 0 Å². The van der Waals surface area contributed by atoms with Crippen LogP contribution in [0.4, 0.5) is 0 Å². The fourth-order valence-corrected chi connectivity index (χ4v) is 2.25. The van der Waals surface area contributed by atoms with Gasteiger partial charge in [0.05, 0.1) is 0 Å². The van der Waals surface area contributed by atoms with Gasteiger partial charge in [0, 0.05) is 6.42 Å². The summed E-state index contributed by atoms with van der Waals surface area (Å²) in [7, 11) is 0. The number of carbonyl (C=O) groups is 1. The Morgan fingerprint density at radius 2 is 2.25 bits per heavy atom. The second-order valence-corrected chi connectivity index (χ2v) is 5.45. The Morgan fingerprint density at radius 1 is 1.56 bits per heavy atom. The van der Waals surface area contributed by atoms with Gasteiger partial charge in [-0.05, 0) is 51.0 Å². The van der Waals surface area contributed by atoms with E-state index >= 15 is 0 Å². The van der Waals surface area contributed by atoms with Gasteiger partial charge < -0.3 is 0 Å². The van der Waals surface area contributed by atoms with Gasteiger partial charge in [0.2, 0.25) is 0 Å². The first-order chi connectivity index (χ1) is 7.49. The second kappa shape index (κ2) is 6.03. The van der Waals surface area contributed by atoms with Gasteiger partial charge >= 0.3 is 0 Å². The summed E-state index contributed by atoms with van der Waals surface area (Å²) in [6, 6.07) is 0. The van der Waals surface area contributed by atoms with Crippen molar-refractivity contribution in [1.82, 2.24) is 0 Å². The van der Waals surface area contributed by atoms with Crippen LogP contribution >= 0.6 is 0 Å². The Kier molecular flexibility index (Phi) is 4.98. The van der Waals surface area contributed by atoms with Crippen molar-refractivity contribution in [3.63, 3.8) is 0 Å². The Hall–Kier alpha value is -0.850. The van der Waals surface area contributed by atoms with Crippen LogP contribution in [-0.2, 0) is 4.79 Å². The van der Waals surface area contributed by atoms with Crippen LogP contribution in [0.1, 0.15) is 53.4 Å². The fraction of sp³-hybridized carbons (Fsp3) is 0.667. The normalized spacial score (nSPS) is 22.2. The molecule has 1 nitrogen and oxygen atoms in total. The van der Waals surface area contributed by atoms with Crippen LogP contribution in [-0.4, -0.2) is 5.78 Å². The zero-order chi connectivity index (χ0) is 12.1. The largest absolute Gasteiger partial charge is 0.295 e. The molecule has 0 aromatic heterocycles. The highest BCUT2D eigenvalue weighted by Crippen LogP contribution is 2.29. The van der Waals surface area contributed by atoms with Gasteiger partial charge in [-0.15, -0.1) is 0 Å². The van der Waals surface area contributed by atoms with E-state index in [1.807, 2.05) is 13.8 Å². The summed E-state index contributed by atoms with van der Waals surface area (Å²) >= 11 is 0. The molecule has 0 saturated carbocycles. The van der Waals surface area contributed by atoms with Crippen LogP contribution in [0.15, 0.2) is 23.3 Å². The second-order valence-electron chi connectivity index (χ2n) is 5.45. The lowest BCUT2D eigenvalue weighted by Gasteiger charge is -2.22. The van der Waals surface area contributed by atoms with Crippen molar-refractivity contribution in [2.75, 3.05) is 0 Å². The quantitative estimate of drug-likeness (QED) is 0.510. The third-order valence-corrected chi connectivity index (χ3v) is 3.30. The molecule has 0 aliphatic heterocycles. The molecule has 1 heteroatoms. The van der Waals surface area contributed by atoms with Gasteiger partial charge in [-0.25, -0.2) is 0 Å². The summed E-state index contributed by atoms with van der Waals surface area (Å²) < 4.78 is 0. The molecule has 0 spiro atoms. The Morgan fingerprint density at radius 3 is 2.75 bits per heavy atom. The zero-order valence-corrected chi connectivity index (χ0v) is 11.0. The van der Waals surface area contributed by atoms with Crippen LogP contribution in [0.3, 0.4) is 0 Å². The van der Waals surface area contributed by atoms with Crippen LogP contribution in [0, 0.1) is 11.8 Å². The average molecular weight is 220 g/mol. The lowest BCUT2D eigenvalue weighted by molar-refractivity contribution is -0.115. The van der Waals surface area contributed by atoms with E-state index in [4.69, 9.17) is 0 Å². The van der Waals surface area contributed by atoms with Gasteiger partial charge in [-0.1, -0.05) is 31.1 Å². The molecule has 0 saturated heterocycles. The van der Waals surface area contributed by atoms with Crippen molar-refractivity contribution >= 4 is 5.78 Å². The first-order valence-electron chi connectivity index (χ1n) is 6.35. The molecule has 0 amide bonds. The van der Waals surface area contributed by atoms with Crippen LogP contribution < -0.4 is 0 Å². The molecule has 0 radical (unpaired) electrons.